The Morgan fingerprint density at radius 2 is 0.968 bits per heavy atom. The molecule has 3 amide bonds. The van der Waals surface area contributed by atoms with Gasteiger partial charge in [0.15, 0.2) is 0 Å². The van der Waals surface area contributed by atoms with Gasteiger partial charge in [-0.15, -0.1) is 0 Å². The standard InChI is InChI=1S/C15H21F9N4O3/c16-13(17,18)10(29)26-6-1-4-25-5-2-8-28(12(31)15(22,23)24)9-3-7-27-11(30)14(19,20)21/h25H,1-9H2,(H,26,29)(H,27,30). The SMILES string of the molecule is O=C(NCCCNCCCN(CCCNC(=O)C(F)(F)F)C(=O)C(F)(F)F)C(F)(F)F. The minimum absolute atomic E-state index is 0.00560. The molecule has 16 heteroatoms. The van der Waals surface area contributed by atoms with Crippen LogP contribution in [0.3, 0.4) is 0 Å². The normalized spacial score (nSPS) is 12.4. The number of carbonyl (C=O) groups is 3. The van der Waals surface area contributed by atoms with Gasteiger partial charge in [-0.1, -0.05) is 0 Å². The van der Waals surface area contributed by atoms with E-state index < -0.39 is 55.9 Å². The van der Waals surface area contributed by atoms with E-state index in [0.29, 0.717) is 4.90 Å². The molecule has 0 radical (unpaired) electrons. The van der Waals surface area contributed by atoms with Crippen LogP contribution >= 0.6 is 0 Å². The van der Waals surface area contributed by atoms with Gasteiger partial charge in [0.25, 0.3) is 0 Å². The van der Waals surface area contributed by atoms with E-state index in [2.05, 4.69) is 5.32 Å². The molecule has 182 valence electrons. The molecule has 0 saturated carbocycles. The molecule has 0 unspecified atom stereocenters. The molecule has 0 aromatic carbocycles. The molecule has 0 fully saturated rings. The van der Waals surface area contributed by atoms with Crippen LogP contribution in [0, 0.1) is 0 Å². The van der Waals surface area contributed by atoms with Crippen molar-refractivity contribution in [2.75, 3.05) is 39.3 Å². The number of carbonyl (C=O) groups excluding carboxylic acids is 3. The second-order valence-corrected chi connectivity index (χ2v) is 6.11. The molecule has 0 rings (SSSR count). The van der Waals surface area contributed by atoms with Crippen LogP contribution in [0.5, 0.6) is 0 Å². The van der Waals surface area contributed by atoms with Crippen LogP contribution < -0.4 is 16.0 Å². The molecule has 3 N–H and O–H groups in total. The molecule has 0 aliphatic rings. The van der Waals surface area contributed by atoms with Crippen LogP contribution in [-0.4, -0.2) is 80.4 Å². The number of rotatable bonds is 12. The van der Waals surface area contributed by atoms with Gasteiger partial charge in [-0.3, -0.25) is 14.4 Å². The van der Waals surface area contributed by atoms with Gasteiger partial charge >= 0.3 is 36.3 Å². The van der Waals surface area contributed by atoms with Crippen molar-refractivity contribution in [3.8, 4) is 0 Å². The van der Waals surface area contributed by atoms with Gasteiger partial charge in [-0.2, -0.15) is 39.5 Å². The molecule has 0 aliphatic carbocycles. The highest BCUT2D eigenvalue weighted by Gasteiger charge is 2.42. The second-order valence-electron chi connectivity index (χ2n) is 6.11. The molecule has 0 saturated heterocycles. The fourth-order valence-electron chi connectivity index (χ4n) is 2.10. The van der Waals surface area contributed by atoms with E-state index in [1.165, 1.54) is 5.32 Å². The first-order valence-corrected chi connectivity index (χ1v) is 8.83. The second kappa shape index (κ2) is 12.6. The van der Waals surface area contributed by atoms with E-state index in [-0.39, 0.29) is 38.9 Å². The molecule has 7 nitrogen and oxygen atoms in total. The van der Waals surface area contributed by atoms with Crippen LogP contribution in [0.4, 0.5) is 39.5 Å². The lowest BCUT2D eigenvalue weighted by molar-refractivity contribution is -0.185. The summed E-state index contributed by atoms with van der Waals surface area (Å²) >= 11 is 0. The fraction of sp³-hybridized carbons (Fsp3) is 0.800. The monoisotopic (exact) mass is 476 g/mol. The Bertz CT molecular complexity index is 592. The van der Waals surface area contributed by atoms with Crippen molar-refractivity contribution in [1.82, 2.24) is 20.9 Å². The summed E-state index contributed by atoms with van der Waals surface area (Å²) in [6.45, 7) is -1.62. The molecule has 0 aliphatic heterocycles. The smallest absolute Gasteiger partial charge is 0.348 e. The van der Waals surface area contributed by atoms with Crippen LogP contribution in [0.1, 0.15) is 19.3 Å². The predicted molar refractivity (Wildman–Crippen MR) is 87.5 cm³/mol. The van der Waals surface area contributed by atoms with E-state index in [1.807, 2.05) is 0 Å². The molecule has 0 atom stereocenters. The maximum Gasteiger partial charge on any atom is 0.471 e. The van der Waals surface area contributed by atoms with E-state index in [9.17, 15) is 53.9 Å². The Hall–Kier alpha value is -2.26. The average Bonchev–Trinajstić information content (AvgIpc) is 2.62. The quantitative estimate of drug-likeness (QED) is 0.294. The molecular weight excluding hydrogens is 455 g/mol. The summed E-state index contributed by atoms with van der Waals surface area (Å²) in [5, 5.41) is 5.80. The van der Waals surface area contributed by atoms with Gasteiger partial charge in [0, 0.05) is 26.2 Å². The van der Waals surface area contributed by atoms with Crippen molar-refractivity contribution in [2.24, 2.45) is 0 Å². The Morgan fingerprint density at radius 1 is 0.581 bits per heavy atom. The third-order valence-electron chi connectivity index (χ3n) is 3.53. The first-order valence-electron chi connectivity index (χ1n) is 8.83. The van der Waals surface area contributed by atoms with E-state index in [1.54, 1.807) is 5.32 Å². The number of alkyl halides is 9. The molecule has 0 heterocycles. The summed E-state index contributed by atoms with van der Waals surface area (Å²) in [5.41, 5.74) is 0. The molecule has 0 aromatic rings. The lowest BCUT2D eigenvalue weighted by Crippen LogP contribution is -2.44. The first kappa shape index (κ1) is 28.7. The molecule has 0 aromatic heterocycles. The van der Waals surface area contributed by atoms with Crippen LogP contribution in [0.15, 0.2) is 0 Å². The molecule has 0 bridgehead atoms. The van der Waals surface area contributed by atoms with Gasteiger partial charge in [0.1, 0.15) is 0 Å². The topological polar surface area (TPSA) is 90.5 Å². The maximum atomic E-state index is 12.6. The zero-order valence-corrected chi connectivity index (χ0v) is 15.9. The fourth-order valence-corrected chi connectivity index (χ4v) is 2.10. The van der Waals surface area contributed by atoms with Gasteiger partial charge < -0.3 is 20.9 Å². The van der Waals surface area contributed by atoms with Gasteiger partial charge in [-0.05, 0) is 32.4 Å². The van der Waals surface area contributed by atoms with Crippen molar-refractivity contribution < 1.29 is 53.9 Å². The molecule has 31 heavy (non-hydrogen) atoms. The highest BCUT2D eigenvalue weighted by Crippen LogP contribution is 2.19. The van der Waals surface area contributed by atoms with E-state index in [4.69, 9.17) is 0 Å². The van der Waals surface area contributed by atoms with Gasteiger partial charge in [-0.25, -0.2) is 0 Å². The van der Waals surface area contributed by atoms with Gasteiger partial charge in [0.05, 0.1) is 0 Å². The number of nitrogens with one attached hydrogen (secondary N) is 3. The predicted octanol–water partition coefficient (Wildman–Crippen LogP) is 1.49. The van der Waals surface area contributed by atoms with Crippen LogP contribution in [-0.2, 0) is 14.4 Å². The third-order valence-corrected chi connectivity index (χ3v) is 3.53. The lowest BCUT2D eigenvalue weighted by atomic mass is 10.3. The summed E-state index contributed by atoms with van der Waals surface area (Å²) in [5.74, 6) is -6.54. The Kier molecular flexibility index (Phi) is 11.6. The van der Waals surface area contributed by atoms with Gasteiger partial charge in [0.2, 0.25) is 0 Å². The number of hydrogen-bond donors (Lipinski definition) is 3. The first-order chi connectivity index (χ1) is 14.1. The summed E-state index contributed by atoms with van der Waals surface area (Å²) in [7, 11) is 0. The minimum Gasteiger partial charge on any atom is -0.348 e. The summed E-state index contributed by atoms with van der Waals surface area (Å²) in [4.78, 5) is 32.9. The van der Waals surface area contributed by atoms with Crippen LogP contribution in [0.2, 0.25) is 0 Å². The molecular formula is C15H21F9N4O3. The maximum absolute atomic E-state index is 12.6. The van der Waals surface area contributed by atoms with E-state index >= 15 is 0 Å². The highest BCUT2D eigenvalue weighted by molar-refractivity contribution is 5.82. The van der Waals surface area contributed by atoms with Crippen molar-refractivity contribution >= 4 is 17.7 Å². The summed E-state index contributed by atoms with van der Waals surface area (Å²) in [6.07, 6.45) is -15.6. The number of amides is 3. The molecule has 0 spiro atoms. The highest BCUT2D eigenvalue weighted by atomic mass is 19.4. The minimum atomic E-state index is -5.20. The number of halogens is 9. The number of hydrogen-bond acceptors (Lipinski definition) is 4. The Labute approximate surface area is 170 Å². The van der Waals surface area contributed by atoms with Crippen molar-refractivity contribution in [1.29, 1.82) is 0 Å². The third kappa shape index (κ3) is 12.9. The number of nitrogens with zero attached hydrogens (tertiary/aromatic N) is 1. The van der Waals surface area contributed by atoms with E-state index in [0.717, 1.165) is 0 Å². The van der Waals surface area contributed by atoms with Crippen molar-refractivity contribution in [3.63, 3.8) is 0 Å². The zero-order valence-electron chi connectivity index (χ0n) is 15.9. The average molecular weight is 476 g/mol. The lowest BCUT2D eigenvalue weighted by Gasteiger charge is -2.24. The zero-order chi connectivity index (χ0) is 24.3. The Morgan fingerprint density at radius 3 is 1.39 bits per heavy atom. The summed E-state index contributed by atoms with van der Waals surface area (Å²) < 4.78 is 110. The van der Waals surface area contributed by atoms with Crippen molar-refractivity contribution in [2.45, 2.75) is 37.8 Å². The summed E-state index contributed by atoms with van der Waals surface area (Å²) in [6, 6.07) is 0. The van der Waals surface area contributed by atoms with Crippen LogP contribution in [0.25, 0.3) is 0 Å². The Balaban J connectivity index is 4.24. The largest absolute Gasteiger partial charge is 0.471 e. The van der Waals surface area contributed by atoms with Crippen molar-refractivity contribution in [3.05, 3.63) is 0 Å².